The number of rotatable bonds is 4. The molecule has 21 heavy (non-hydrogen) atoms. The minimum absolute atomic E-state index is 0.191. The summed E-state index contributed by atoms with van der Waals surface area (Å²) in [5.41, 5.74) is 2.83. The van der Waals surface area contributed by atoms with E-state index in [4.69, 9.17) is 5.11 Å². The van der Waals surface area contributed by atoms with Crippen molar-refractivity contribution in [1.82, 2.24) is 0 Å². The number of carboxylic acid groups (broad SMARTS) is 1. The number of aryl methyl sites for hydroxylation is 1. The normalized spacial score (nSPS) is 10.2. The van der Waals surface area contributed by atoms with E-state index in [0.717, 1.165) is 12.0 Å². The van der Waals surface area contributed by atoms with E-state index in [1.165, 1.54) is 6.07 Å². The second-order valence-corrected chi connectivity index (χ2v) is 4.75. The van der Waals surface area contributed by atoms with Crippen LogP contribution in [0.25, 0.3) is 0 Å². The molecule has 0 spiro atoms. The summed E-state index contributed by atoms with van der Waals surface area (Å²) in [5.74, 6) is -1.23. The molecule has 0 aromatic heterocycles. The van der Waals surface area contributed by atoms with Gasteiger partial charge in [0, 0.05) is 11.3 Å². The van der Waals surface area contributed by atoms with Gasteiger partial charge in [-0.05, 0) is 42.7 Å². The first-order valence-corrected chi connectivity index (χ1v) is 6.76. The lowest BCUT2D eigenvalue weighted by Gasteiger charge is -2.12. The lowest BCUT2D eigenvalue weighted by molar-refractivity contribution is 0.0695. The van der Waals surface area contributed by atoms with Crippen molar-refractivity contribution in [3.05, 3.63) is 64.7 Å². The molecule has 0 bridgehead atoms. The van der Waals surface area contributed by atoms with Crippen molar-refractivity contribution >= 4 is 17.6 Å². The number of benzene rings is 2. The molecule has 2 aromatic carbocycles. The first-order chi connectivity index (χ1) is 10.0. The number of nitrogens with one attached hydrogen (secondary N) is 1. The van der Waals surface area contributed by atoms with Gasteiger partial charge in [0.2, 0.25) is 0 Å². The average molecular weight is 283 g/mol. The van der Waals surface area contributed by atoms with Gasteiger partial charge in [-0.15, -0.1) is 0 Å². The predicted molar refractivity (Wildman–Crippen MR) is 81.9 cm³/mol. The average Bonchev–Trinajstić information content (AvgIpc) is 2.48. The van der Waals surface area contributed by atoms with Gasteiger partial charge in [0.05, 0.1) is 5.56 Å². The Hall–Kier alpha value is -2.62. The minimum Gasteiger partial charge on any atom is -0.478 e. The van der Waals surface area contributed by atoms with Crippen LogP contribution in [-0.4, -0.2) is 17.0 Å². The molecule has 0 radical (unpaired) electrons. The predicted octanol–water partition coefficient (Wildman–Crippen LogP) is 3.51. The molecule has 108 valence electrons. The molecule has 1 amide bonds. The molecule has 2 rings (SSSR count). The van der Waals surface area contributed by atoms with Gasteiger partial charge in [-0.25, -0.2) is 4.79 Å². The number of anilines is 1. The van der Waals surface area contributed by atoms with Crippen molar-refractivity contribution in [2.45, 2.75) is 20.3 Å². The highest BCUT2D eigenvalue weighted by atomic mass is 16.4. The Morgan fingerprint density at radius 3 is 2.38 bits per heavy atom. The largest absolute Gasteiger partial charge is 0.478 e. The van der Waals surface area contributed by atoms with E-state index in [2.05, 4.69) is 5.32 Å². The topological polar surface area (TPSA) is 66.4 Å². The number of carboxylic acids is 1. The van der Waals surface area contributed by atoms with Crippen LogP contribution in [-0.2, 0) is 6.42 Å². The van der Waals surface area contributed by atoms with Crippen molar-refractivity contribution < 1.29 is 14.7 Å². The molecular formula is C17H17NO3. The fourth-order valence-corrected chi connectivity index (χ4v) is 2.24. The Labute approximate surface area is 123 Å². The van der Waals surface area contributed by atoms with Gasteiger partial charge < -0.3 is 10.4 Å². The molecule has 0 heterocycles. The van der Waals surface area contributed by atoms with Crippen LogP contribution in [0.1, 0.15) is 38.8 Å². The summed E-state index contributed by atoms with van der Waals surface area (Å²) in [6.45, 7) is 3.67. The number of carbonyl (C=O) groups is 2. The van der Waals surface area contributed by atoms with Gasteiger partial charge in [-0.2, -0.15) is 0 Å². The standard InChI is InChI=1S/C17H17NO3/c1-3-12-7-4-5-8-14(12)16(19)18-15-10-6-9-13(11(15)2)17(20)21/h4-10H,3H2,1-2H3,(H,18,19)(H,20,21). The maximum absolute atomic E-state index is 12.4. The minimum atomic E-state index is -1.00. The highest BCUT2D eigenvalue weighted by Crippen LogP contribution is 2.20. The van der Waals surface area contributed by atoms with Gasteiger partial charge in [0.25, 0.3) is 5.91 Å². The maximum Gasteiger partial charge on any atom is 0.336 e. The fourth-order valence-electron chi connectivity index (χ4n) is 2.24. The smallest absolute Gasteiger partial charge is 0.336 e. The van der Waals surface area contributed by atoms with Crippen molar-refractivity contribution in [1.29, 1.82) is 0 Å². The van der Waals surface area contributed by atoms with Crippen molar-refractivity contribution in [2.75, 3.05) is 5.32 Å². The fraction of sp³-hybridized carbons (Fsp3) is 0.176. The van der Waals surface area contributed by atoms with Crippen LogP contribution in [0.15, 0.2) is 42.5 Å². The van der Waals surface area contributed by atoms with Crippen LogP contribution in [0.5, 0.6) is 0 Å². The number of hydrogen-bond acceptors (Lipinski definition) is 2. The highest BCUT2D eigenvalue weighted by molar-refractivity contribution is 6.06. The SMILES string of the molecule is CCc1ccccc1C(=O)Nc1cccc(C(=O)O)c1C. The second kappa shape index (κ2) is 6.22. The number of aromatic carboxylic acids is 1. The van der Waals surface area contributed by atoms with Crippen molar-refractivity contribution in [3.63, 3.8) is 0 Å². The van der Waals surface area contributed by atoms with E-state index in [1.807, 2.05) is 25.1 Å². The molecular weight excluding hydrogens is 266 g/mol. The number of carbonyl (C=O) groups excluding carboxylic acids is 1. The summed E-state index contributed by atoms with van der Waals surface area (Å²) in [5, 5.41) is 11.9. The molecule has 0 unspecified atom stereocenters. The Morgan fingerprint density at radius 2 is 1.71 bits per heavy atom. The van der Waals surface area contributed by atoms with E-state index >= 15 is 0 Å². The molecule has 4 nitrogen and oxygen atoms in total. The summed E-state index contributed by atoms with van der Waals surface area (Å²) in [6.07, 6.45) is 0.762. The molecule has 0 atom stereocenters. The summed E-state index contributed by atoms with van der Waals surface area (Å²) < 4.78 is 0. The molecule has 0 aliphatic rings. The number of hydrogen-bond donors (Lipinski definition) is 2. The third kappa shape index (κ3) is 3.11. The zero-order chi connectivity index (χ0) is 15.4. The quantitative estimate of drug-likeness (QED) is 0.902. The molecule has 4 heteroatoms. The molecule has 2 aromatic rings. The molecule has 0 fully saturated rings. The lowest BCUT2D eigenvalue weighted by atomic mass is 10.0. The number of amides is 1. The van der Waals surface area contributed by atoms with Crippen LogP contribution in [0.2, 0.25) is 0 Å². The second-order valence-electron chi connectivity index (χ2n) is 4.75. The van der Waals surface area contributed by atoms with Gasteiger partial charge in [0.1, 0.15) is 0 Å². The van der Waals surface area contributed by atoms with Crippen LogP contribution in [0, 0.1) is 6.92 Å². The van der Waals surface area contributed by atoms with E-state index in [-0.39, 0.29) is 11.5 Å². The third-order valence-corrected chi connectivity index (χ3v) is 3.46. The highest BCUT2D eigenvalue weighted by Gasteiger charge is 2.14. The zero-order valence-electron chi connectivity index (χ0n) is 12.0. The van der Waals surface area contributed by atoms with Gasteiger partial charge in [-0.1, -0.05) is 31.2 Å². The maximum atomic E-state index is 12.4. The molecule has 0 saturated carbocycles. The Balaban J connectivity index is 2.32. The van der Waals surface area contributed by atoms with Gasteiger partial charge in [0.15, 0.2) is 0 Å². The van der Waals surface area contributed by atoms with Crippen molar-refractivity contribution in [2.24, 2.45) is 0 Å². The first-order valence-electron chi connectivity index (χ1n) is 6.76. The van der Waals surface area contributed by atoms with Crippen LogP contribution in [0.4, 0.5) is 5.69 Å². The molecule has 0 aliphatic heterocycles. The molecule has 0 aliphatic carbocycles. The third-order valence-electron chi connectivity index (χ3n) is 3.46. The Morgan fingerprint density at radius 1 is 1.05 bits per heavy atom. The summed E-state index contributed by atoms with van der Waals surface area (Å²) >= 11 is 0. The van der Waals surface area contributed by atoms with Crippen LogP contribution >= 0.6 is 0 Å². The Bertz CT molecular complexity index is 692. The first kappa shape index (κ1) is 14.8. The van der Waals surface area contributed by atoms with Crippen LogP contribution in [0.3, 0.4) is 0 Å². The monoisotopic (exact) mass is 283 g/mol. The molecule has 2 N–H and O–H groups in total. The summed E-state index contributed by atoms with van der Waals surface area (Å²) in [7, 11) is 0. The van der Waals surface area contributed by atoms with E-state index in [9.17, 15) is 9.59 Å². The van der Waals surface area contributed by atoms with Gasteiger partial charge in [-0.3, -0.25) is 4.79 Å². The van der Waals surface area contributed by atoms with E-state index < -0.39 is 5.97 Å². The zero-order valence-corrected chi connectivity index (χ0v) is 12.0. The molecule has 0 saturated heterocycles. The lowest BCUT2D eigenvalue weighted by Crippen LogP contribution is -2.15. The van der Waals surface area contributed by atoms with Crippen LogP contribution < -0.4 is 5.32 Å². The summed E-state index contributed by atoms with van der Waals surface area (Å²) in [6, 6.07) is 12.2. The van der Waals surface area contributed by atoms with Crippen molar-refractivity contribution in [3.8, 4) is 0 Å². The Kier molecular flexibility index (Phi) is 4.38. The summed E-state index contributed by atoms with van der Waals surface area (Å²) in [4.78, 5) is 23.5. The van der Waals surface area contributed by atoms with E-state index in [0.29, 0.717) is 16.8 Å². The van der Waals surface area contributed by atoms with E-state index in [1.54, 1.807) is 25.1 Å². The van der Waals surface area contributed by atoms with Gasteiger partial charge >= 0.3 is 5.97 Å².